The van der Waals surface area contributed by atoms with E-state index in [0.29, 0.717) is 22.9 Å². The number of aromatic hydroxyl groups is 1. The summed E-state index contributed by atoms with van der Waals surface area (Å²) in [4.78, 5) is 24.5. The molecule has 5 rings (SSSR count). The molecule has 39 heavy (non-hydrogen) atoms. The minimum Gasteiger partial charge on any atom is -0.508 e. The molecule has 200 valence electrons. The molecule has 1 aliphatic carbocycles. The molecular formula is C31H32BNO6. The highest BCUT2D eigenvalue weighted by Gasteiger charge is 2.52. The van der Waals surface area contributed by atoms with Crippen molar-refractivity contribution in [3.05, 3.63) is 94.5 Å². The largest absolute Gasteiger partial charge is 0.508 e. The highest BCUT2D eigenvalue weighted by molar-refractivity contribution is 6.56. The van der Waals surface area contributed by atoms with Gasteiger partial charge in [-0.1, -0.05) is 60.7 Å². The van der Waals surface area contributed by atoms with Gasteiger partial charge in [0, 0.05) is 18.0 Å². The van der Waals surface area contributed by atoms with Crippen LogP contribution in [0.15, 0.2) is 72.2 Å². The predicted octanol–water partition coefficient (Wildman–Crippen LogP) is 5.76. The lowest BCUT2D eigenvalue weighted by atomic mass is 9.76. The normalized spacial score (nSPS) is 17.4. The van der Waals surface area contributed by atoms with E-state index in [1.807, 2.05) is 52.0 Å². The molecule has 2 N–H and O–H groups in total. The maximum atomic E-state index is 12.9. The minimum atomic E-state index is -0.753. The topological polar surface area (TPSA) is 94.1 Å². The maximum Gasteiger partial charge on any atom is 0.492 e. The van der Waals surface area contributed by atoms with Gasteiger partial charge in [0.2, 0.25) is 0 Å². The van der Waals surface area contributed by atoms with E-state index in [1.54, 1.807) is 12.1 Å². The summed E-state index contributed by atoms with van der Waals surface area (Å²) in [6.07, 6.45) is 1.85. The molecule has 1 heterocycles. The van der Waals surface area contributed by atoms with Crippen LogP contribution in [-0.4, -0.2) is 49.0 Å². The van der Waals surface area contributed by atoms with Crippen molar-refractivity contribution in [2.24, 2.45) is 0 Å². The average molecular weight is 525 g/mol. The van der Waals surface area contributed by atoms with E-state index in [2.05, 4.69) is 29.6 Å². The summed E-state index contributed by atoms with van der Waals surface area (Å²) in [7, 11) is -0.753. The van der Waals surface area contributed by atoms with Gasteiger partial charge < -0.3 is 24.5 Å². The van der Waals surface area contributed by atoms with Gasteiger partial charge in [-0.15, -0.1) is 0 Å². The second kappa shape index (κ2) is 10.4. The first-order chi connectivity index (χ1) is 18.6. The van der Waals surface area contributed by atoms with Crippen molar-refractivity contribution in [3.63, 3.8) is 0 Å². The van der Waals surface area contributed by atoms with E-state index in [-0.39, 0.29) is 24.8 Å². The fourth-order valence-electron chi connectivity index (χ4n) is 5.02. The Labute approximate surface area is 228 Å². The molecule has 2 aliphatic rings. The fraction of sp³-hybridized carbons (Fsp3) is 0.290. The number of aldehydes is 1. The van der Waals surface area contributed by atoms with Crippen LogP contribution in [0.3, 0.4) is 0 Å². The third-order valence-corrected chi connectivity index (χ3v) is 7.87. The summed E-state index contributed by atoms with van der Waals surface area (Å²) in [5.41, 5.74) is 4.89. The van der Waals surface area contributed by atoms with Gasteiger partial charge in [-0.05, 0) is 73.1 Å². The molecular weight excluding hydrogens is 493 g/mol. The van der Waals surface area contributed by atoms with Gasteiger partial charge in [-0.2, -0.15) is 0 Å². The number of nitrogens with one attached hydrogen (secondary N) is 1. The van der Waals surface area contributed by atoms with Crippen LogP contribution in [0.5, 0.6) is 5.75 Å². The summed E-state index contributed by atoms with van der Waals surface area (Å²) >= 11 is 0. The first-order valence-corrected chi connectivity index (χ1v) is 13.0. The molecule has 1 saturated heterocycles. The Kier molecular flexibility index (Phi) is 7.10. The van der Waals surface area contributed by atoms with Gasteiger partial charge in [0.05, 0.1) is 11.2 Å². The lowest BCUT2D eigenvalue weighted by Crippen LogP contribution is -2.41. The lowest BCUT2D eigenvalue weighted by molar-refractivity contribution is 0.00578. The second-order valence-corrected chi connectivity index (χ2v) is 10.9. The number of amides is 1. The third kappa shape index (κ3) is 5.22. The van der Waals surface area contributed by atoms with Gasteiger partial charge >= 0.3 is 13.2 Å². The minimum absolute atomic E-state index is 0.0109. The molecule has 8 heteroatoms. The van der Waals surface area contributed by atoms with Crippen LogP contribution in [0.1, 0.15) is 60.7 Å². The summed E-state index contributed by atoms with van der Waals surface area (Å²) in [5, 5.41) is 12.6. The summed E-state index contributed by atoms with van der Waals surface area (Å²) < 4.78 is 18.2. The van der Waals surface area contributed by atoms with Crippen molar-refractivity contribution in [3.8, 4) is 16.9 Å². The number of phenolic OH excluding ortho intramolecular Hbond substituents is 1. The van der Waals surface area contributed by atoms with E-state index in [1.165, 1.54) is 12.1 Å². The zero-order chi connectivity index (χ0) is 27.8. The molecule has 0 radical (unpaired) electrons. The van der Waals surface area contributed by atoms with Gasteiger partial charge in [0.25, 0.3) is 0 Å². The Morgan fingerprint density at radius 3 is 2.13 bits per heavy atom. The summed E-state index contributed by atoms with van der Waals surface area (Å²) in [6.45, 7) is 8.05. The first kappa shape index (κ1) is 26.7. The van der Waals surface area contributed by atoms with Crippen molar-refractivity contribution >= 4 is 25.6 Å². The molecule has 0 atom stereocenters. The Morgan fingerprint density at radius 1 is 0.949 bits per heavy atom. The lowest BCUT2D eigenvalue weighted by Gasteiger charge is -2.32. The predicted molar refractivity (Wildman–Crippen MR) is 151 cm³/mol. The standard InChI is InChI=1S/C31H32BNO6/c1-30(2)31(3,4)39-32(38-30)22(15-20-13-14-23(35)16-21(20)18-34)17-33-29(36)37-19-28-26-11-7-5-9-24(26)25-10-6-8-12-27(25)28/h5-16,18,28,35H,17,19H2,1-4H3,(H,33,36). The number of alkyl carbamates (subject to hydrolysis) is 1. The number of phenols is 1. The Balaban J connectivity index is 1.33. The second-order valence-electron chi connectivity index (χ2n) is 10.9. The highest BCUT2D eigenvalue weighted by atomic mass is 16.7. The third-order valence-electron chi connectivity index (χ3n) is 7.87. The average Bonchev–Trinajstić information content (AvgIpc) is 3.34. The Morgan fingerprint density at radius 2 is 1.54 bits per heavy atom. The molecule has 0 bridgehead atoms. The smallest absolute Gasteiger partial charge is 0.492 e. The number of fused-ring (bicyclic) bond motifs is 3. The molecule has 0 spiro atoms. The van der Waals surface area contributed by atoms with Crippen molar-refractivity contribution in [1.29, 1.82) is 0 Å². The molecule has 1 aliphatic heterocycles. The first-order valence-electron chi connectivity index (χ1n) is 13.0. The zero-order valence-electron chi connectivity index (χ0n) is 22.6. The number of carbonyl (C=O) groups excluding carboxylic acids is 2. The number of benzene rings is 3. The van der Waals surface area contributed by atoms with E-state index in [9.17, 15) is 14.7 Å². The van der Waals surface area contributed by atoms with Gasteiger partial charge in [-0.3, -0.25) is 4.79 Å². The number of rotatable bonds is 7. The van der Waals surface area contributed by atoms with Crippen LogP contribution in [0.2, 0.25) is 0 Å². The number of carbonyl (C=O) groups is 2. The Bertz CT molecular complexity index is 1380. The van der Waals surface area contributed by atoms with Crippen molar-refractivity contribution in [2.45, 2.75) is 44.8 Å². The quantitative estimate of drug-likeness (QED) is 0.301. The summed E-state index contributed by atoms with van der Waals surface area (Å²) in [6, 6.07) is 20.9. The molecule has 3 aromatic rings. The van der Waals surface area contributed by atoms with Crippen molar-refractivity contribution in [2.75, 3.05) is 13.2 Å². The molecule has 0 unspecified atom stereocenters. The highest BCUT2D eigenvalue weighted by Crippen LogP contribution is 2.44. The molecule has 7 nitrogen and oxygen atoms in total. The van der Waals surface area contributed by atoms with E-state index >= 15 is 0 Å². The van der Waals surface area contributed by atoms with Crippen LogP contribution < -0.4 is 5.32 Å². The van der Waals surface area contributed by atoms with E-state index in [0.717, 1.165) is 22.3 Å². The Hall–Kier alpha value is -3.88. The van der Waals surface area contributed by atoms with Crippen LogP contribution in [0, 0.1) is 0 Å². The van der Waals surface area contributed by atoms with Gasteiger partial charge in [0.1, 0.15) is 12.4 Å². The van der Waals surface area contributed by atoms with Crippen molar-refractivity contribution < 1.29 is 28.7 Å². The van der Waals surface area contributed by atoms with E-state index in [4.69, 9.17) is 14.0 Å². The van der Waals surface area contributed by atoms with Crippen LogP contribution >= 0.6 is 0 Å². The van der Waals surface area contributed by atoms with E-state index < -0.39 is 24.4 Å². The fourth-order valence-corrected chi connectivity index (χ4v) is 5.02. The SMILES string of the molecule is CC1(C)OB(C(=Cc2ccc(O)cc2C=O)CNC(=O)OCC2c3ccccc3-c3ccccc32)OC1(C)C. The summed E-state index contributed by atoms with van der Waals surface area (Å²) in [5.74, 6) is -0.0587. The van der Waals surface area contributed by atoms with Gasteiger partial charge in [-0.25, -0.2) is 4.79 Å². The van der Waals surface area contributed by atoms with Gasteiger partial charge in [0.15, 0.2) is 6.29 Å². The molecule has 1 fully saturated rings. The van der Waals surface area contributed by atoms with Crippen LogP contribution in [0.25, 0.3) is 17.2 Å². The number of ether oxygens (including phenoxy) is 1. The molecule has 0 saturated carbocycles. The maximum absolute atomic E-state index is 12.9. The number of hydrogen-bond acceptors (Lipinski definition) is 6. The molecule has 0 aromatic heterocycles. The van der Waals surface area contributed by atoms with Crippen LogP contribution in [-0.2, 0) is 14.0 Å². The number of hydrogen-bond donors (Lipinski definition) is 2. The van der Waals surface area contributed by atoms with Crippen molar-refractivity contribution in [1.82, 2.24) is 5.32 Å². The molecule has 1 amide bonds. The zero-order valence-corrected chi connectivity index (χ0v) is 22.6. The molecule has 3 aromatic carbocycles. The van der Waals surface area contributed by atoms with Crippen LogP contribution in [0.4, 0.5) is 4.79 Å². The monoisotopic (exact) mass is 525 g/mol.